The quantitative estimate of drug-likeness (QED) is 0.720. The van der Waals surface area contributed by atoms with Crippen LogP contribution in [0.4, 0.5) is 0 Å². The molecule has 128 valence electrons. The molecular formula is C18H28N2O3. The summed E-state index contributed by atoms with van der Waals surface area (Å²) in [6.45, 7) is 7.92. The van der Waals surface area contributed by atoms with Crippen LogP contribution in [0.5, 0.6) is 0 Å². The van der Waals surface area contributed by atoms with Crippen LogP contribution in [0.3, 0.4) is 0 Å². The number of hydrogen-bond acceptors (Lipinski definition) is 4. The molecule has 3 N–H and O–H groups in total. The summed E-state index contributed by atoms with van der Waals surface area (Å²) in [6, 6.07) is 8.15. The third kappa shape index (κ3) is 6.82. The molecule has 0 radical (unpaired) electrons. The lowest BCUT2D eigenvalue weighted by atomic mass is 10.0. The van der Waals surface area contributed by atoms with Crippen LogP contribution < -0.4 is 11.1 Å². The normalized spacial score (nSPS) is 13.7. The van der Waals surface area contributed by atoms with Crippen LogP contribution in [0, 0.1) is 11.8 Å². The van der Waals surface area contributed by atoms with Gasteiger partial charge in [0.1, 0.15) is 12.6 Å². The molecule has 1 rings (SSSR count). The van der Waals surface area contributed by atoms with Crippen LogP contribution in [0.15, 0.2) is 30.3 Å². The molecule has 0 unspecified atom stereocenters. The van der Waals surface area contributed by atoms with Gasteiger partial charge in [-0.05, 0) is 23.8 Å². The number of amides is 1. The Morgan fingerprint density at radius 3 is 2.26 bits per heavy atom. The maximum Gasteiger partial charge on any atom is 0.328 e. The van der Waals surface area contributed by atoms with Gasteiger partial charge in [0, 0.05) is 0 Å². The van der Waals surface area contributed by atoms with Crippen molar-refractivity contribution in [3.8, 4) is 0 Å². The summed E-state index contributed by atoms with van der Waals surface area (Å²) in [5, 5.41) is 2.73. The van der Waals surface area contributed by atoms with E-state index in [1.165, 1.54) is 0 Å². The van der Waals surface area contributed by atoms with Gasteiger partial charge in [-0.3, -0.25) is 4.79 Å². The zero-order chi connectivity index (χ0) is 17.4. The standard InChI is InChI=1S/C18H28N2O3/c1-12(2)10-15(20-17(21)16(19)13(3)4)18(22)23-11-14-8-6-5-7-9-14/h5-9,12-13,15-16H,10-11,19H2,1-4H3,(H,20,21)/t15-,16-/m1/s1. The van der Waals surface area contributed by atoms with Crippen LogP contribution in [0.1, 0.15) is 39.7 Å². The van der Waals surface area contributed by atoms with E-state index in [1.54, 1.807) is 0 Å². The van der Waals surface area contributed by atoms with Gasteiger partial charge in [-0.2, -0.15) is 0 Å². The van der Waals surface area contributed by atoms with Crippen LogP contribution >= 0.6 is 0 Å². The molecule has 0 aliphatic heterocycles. The molecule has 0 aliphatic rings. The van der Waals surface area contributed by atoms with Crippen molar-refractivity contribution in [1.82, 2.24) is 5.32 Å². The number of rotatable bonds is 8. The van der Waals surface area contributed by atoms with Gasteiger partial charge in [-0.1, -0.05) is 58.0 Å². The largest absolute Gasteiger partial charge is 0.459 e. The molecule has 0 heterocycles. The first-order valence-electron chi connectivity index (χ1n) is 8.07. The number of benzene rings is 1. The lowest BCUT2D eigenvalue weighted by Crippen LogP contribution is -2.51. The first-order valence-corrected chi connectivity index (χ1v) is 8.07. The second-order valence-electron chi connectivity index (χ2n) is 6.55. The summed E-state index contributed by atoms with van der Waals surface area (Å²) in [4.78, 5) is 24.4. The molecule has 0 saturated heterocycles. The minimum absolute atomic E-state index is 0.00930. The molecule has 0 fully saturated rings. The summed E-state index contributed by atoms with van der Waals surface area (Å²) in [5.41, 5.74) is 6.75. The summed E-state index contributed by atoms with van der Waals surface area (Å²) in [5.74, 6) is -0.482. The van der Waals surface area contributed by atoms with Gasteiger partial charge in [0.25, 0.3) is 0 Å². The minimum Gasteiger partial charge on any atom is -0.459 e. The Balaban J connectivity index is 2.65. The zero-order valence-electron chi connectivity index (χ0n) is 14.4. The van der Waals surface area contributed by atoms with Gasteiger partial charge in [0.2, 0.25) is 5.91 Å². The van der Waals surface area contributed by atoms with E-state index in [4.69, 9.17) is 10.5 Å². The van der Waals surface area contributed by atoms with Crippen molar-refractivity contribution in [2.24, 2.45) is 17.6 Å². The molecule has 23 heavy (non-hydrogen) atoms. The highest BCUT2D eigenvalue weighted by Crippen LogP contribution is 2.10. The summed E-state index contributed by atoms with van der Waals surface area (Å²) in [7, 11) is 0. The number of carbonyl (C=O) groups excluding carboxylic acids is 2. The molecule has 0 saturated carbocycles. The second-order valence-corrected chi connectivity index (χ2v) is 6.55. The number of nitrogens with one attached hydrogen (secondary N) is 1. The Labute approximate surface area is 138 Å². The van der Waals surface area contributed by atoms with Gasteiger partial charge >= 0.3 is 5.97 Å². The Hall–Kier alpha value is -1.88. The fourth-order valence-electron chi connectivity index (χ4n) is 2.09. The van der Waals surface area contributed by atoms with Crippen molar-refractivity contribution >= 4 is 11.9 Å². The van der Waals surface area contributed by atoms with Gasteiger partial charge in [0.05, 0.1) is 6.04 Å². The van der Waals surface area contributed by atoms with Crippen molar-refractivity contribution in [2.75, 3.05) is 0 Å². The van der Waals surface area contributed by atoms with E-state index in [2.05, 4.69) is 5.32 Å². The molecule has 1 aromatic rings. The molecule has 0 aliphatic carbocycles. The van der Waals surface area contributed by atoms with Crippen LogP contribution in [0.2, 0.25) is 0 Å². The van der Waals surface area contributed by atoms with E-state index in [9.17, 15) is 9.59 Å². The predicted molar refractivity (Wildman–Crippen MR) is 90.4 cm³/mol. The van der Waals surface area contributed by atoms with Crippen molar-refractivity contribution in [3.05, 3.63) is 35.9 Å². The Bertz CT molecular complexity index is 500. The minimum atomic E-state index is -0.670. The van der Waals surface area contributed by atoms with Crippen LogP contribution in [-0.2, 0) is 20.9 Å². The van der Waals surface area contributed by atoms with E-state index >= 15 is 0 Å². The number of carbonyl (C=O) groups is 2. The van der Waals surface area contributed by atoms with E-state index < -0.39 is 18.1 Å². The maximum absolute atomic E-state index is 12.3. The Morgan fingerprint density at radius 1 is 1.13 bits per heavy atom. The lowest BCUT2D eigenvalue weighted by molar-refractivity contribution is -0.149. The number of esters is 1. The van der Waals surface area contributed by atoms with Crippen molar-refractivity contribution in [2.45, 2.75) is 52.8 Å². The molecule has 0 spiro atoms. The molecule has 0 bridgehead atoms. The van der Waals surface area contributed by atoms with Crippen molar-refractivity contribution in [3.63, 3.8) is 0 Å². The number of hydrogen-bond donors (Lipinski definition) is 2. The third-order valence-electron chi connectivity index (χ3n) is 3.55. The molecule has 5 heteroatoms. The molecule has 2 atom stereocenters. The van der Waals surface area contributed by atoms with Crippen molar-refractivity contribution in [1.29, 1.82) is 0 Å². The van der Waals surface area contributed by atoms with Crippen LogP contribution in [-0.4, -0.2) is 24.0 Å². The molecule has 1 aromatic carbocycles. The number of nitrogens with two attached hydrogens (primary N) is 1. The fourth-order valence-corrected chi connectivity index (χ4v) is 2.09. The predicted octanol–water partition coefficient (Wildman–Crippen LogP) is 2.24. The van der Waals surface area contributed by atoms with Gasteiger partial charge in [0.15, 0.2) is 0 Å². The smallest absolute Gasteiger partial charge is 0.328 e. The van der Waals surface area contributed by atoms with Gasteiger partial charge < -0.3 is 15.8 Å². The fraction of sp³-hybridized carbons (Fsp3) is 0.556. The second kappa shape index (κ2) is 9.30. The first kappa shape index (κ1) is 19.2. The van der Waals surface area contributed by atoms with E-state index in [1.807, 2.05) is 58.0 Å². The highest BCUT2D eigenvalue weighted by Gasteiger charge is 2.26. The maximum atomic E-state index is 12.3. The van der Waals surface area contributed by atoms with E-state index in [0.717, 1.165) is 5.56 Å². The van der Waals surface area contributed by atoms with Gasteiger partial charge in [-0.25, -0.2) is 4.79 Å². The summed E-state index contributed by atoms with van der Waals surface area (Å²) < 4.78 is 5.34. The SMILES string of the molecule is CC(C)C[C@@H](NC(=O)[C@H](N)C(C)C)C(=O)OCc1ccccc1. The molecular weight excluding hydrogens is 292 g/mol. The van der Waals surface area contributed by atoms with Crippen LogP contribution in [0.25, 0.3) is 0 Å². The molecule has 5 nitrogen and oxygen atoms in total. The van der Waals surface area contributed by atoms with E-state index in [-0.39, 0.29) is 24.3 Å². The molecule has 1 amide bonds. The Kier molecular flexibility index (Phi) is 7.75. The number of ether oxygens (including phenoxy) is 1. The highest BCUT2D eigenvalue weighted by atomic mass is 16.5. The summed E-state index contributed by atoms with van der Waals surface area (Å²) in [6.07, 6.45) is 0.518. The first-order chi connectivity index (χ1) is 10.8. The average Bonchev–Trinajstić information content (AvgIpc) is 2.51. The molecule has 0 aromatic heterocycles. The van der Waals surface area contributed by atoms with Gasteiger partial charge in [-0.15, -0.1) is 0 Å². The average molecular weight is 320 g/mol. The topological polar surface area (TPSA) is 81.4 Å². The lowest BCUT2D eigenvalue weighted by Gasteiger charge is -2.22. The summed E-state index contributed by atoms with van der Waals surface area (Å²) >= 11 is 0. The highest BCUT2D eigenvalue weighted by molar-refractivity contribution is 5.87. The zero-order valence-corrected chi connectivity index (χ0v) is 14.4. The van der Waals surface area contributed by atoms with Crippen molar-refractivity contribution < 1.29 is 14.3 Å². The Morgan fingerprint density at radius 2 is 1.74 bits per heavy atom. The third-order valence-corrected chi connectivity index (χ3v) is 3.55. The van der Waals surface area contributed by atoms with E-state index in [0.29, 0.717) is 6.42 Å². The monoisotopic (exact) mass is 320 g/mol.